The highest BCUT2D eigenvalue weighted by Crippen LogP contribution is 2.20. The molecule has 1 heterocycles. The van der Waals surface area contributed by atoms with E-state index < -0.39 is 0 Å². The topological polar surface area (TPSA) is 24.5 Å². The van der Waals surface area contributed by atoms with E-state index in [2.05, 4.69) is 12.3 Å². The zero-order valence-corrected chi connectivity index (χ0v) is 9.65. The average Bonchev–Trinajstić information content (AvgIpc) is 2.79. The summed E-state index contributed by atoms with van der Waals surface area (Å²) in [5.41, 5.74) is 4.12. The van der Waals surface area contributed by atoms with E-state index >= 15 is 0 Å². The van der Waals surface area contributed by atoms with Crippen LogP contribution in [-0.2, 0) is 4.84 Å². The van der Waals surface area contributed by atoms with Gasteiger partial charge in [-0.15, -0.1) is 5.17 Å². The molecule has 0 saturated heterocycles. The van der Waals surface area contributed by atoms with Crippen molar-refractivity contribution in [2.75, 3.05) is 5.17 Å². The Morgan fingerprint density at radius 1 is 1.19 bits per heavy atom. The zero-order valence-electron chi connectivity index (χ0n) is 9.65. The lowest BCUT2D eigenvalue weighted by molar-refractivity contribution is 0.182. The molecule has 0 aliphatic carbocycles. The van der Waals surface area contributed by atoms with Gasteiger partial charge in [0, 0.05) is 6.42 Å². The number of anilines is 1. The number of nitrogens with zero attached hydrogens (tertiary/aromatic N) is 1. The number of hydrazine groups is 1. The SMILES string of the molecule is CCCCCC1=CNN(c2ccccc2)O1. The lowest BCUT2D eigenvalue weighted by Crippen LogP contribution is -2.28. The summed E-state index contributed by atoms with van der Waals surface area (Å²) in [4.78, 5) is 5.68. The molecule has 0 bridgehead atoms. The minimum Gasteiger partial charge on any atom is -0.362 e. The van der Waals surface area contributed by atoms with Crippen molar-refractivity contribution in [1.82, 2.24) is 5.43 Å². The van der Waals surface area contributed by atoms with E-state index in [1.807, 2.05) is 36.5 Å². The monoisotopic (exact) mass is 218 g/mol. The molecule has 1 aliphatic rings. The molecule has 1 aliphatic heterocycles. The second kappa shape index (κ2) is 5.45. The van der Waals surface area contributed by atoms with Crippen molar-refractivity contribution in [2.45, 2.75) is 32.6 Å². The molecule has 1 aromatic carbocycles. The number of unbranched alkanes of at least 4 members (excludes halogenated alkanes) is 2. The molecular weight excluding hydrogens is 200 g/mol. The number of nitrogens with one attached hydrogen (secondary N) is 1. The first-order valence-electron chi connectivity index (χ1n) is 5.88. The number of allylic oxidation sites excluding steroid dienone is 1. The molecule has 0 amide bonds. The van der Waals surface area contributed by atoms with Crippen LogP contribution in [0.5, 0.6) is 0 Å². The molecule has 1 aromatic rings. The largest absolute Gasteiger partial charge is 0.362 e. The van der Waals surface area contributed by atoms with E-state index in [4.69, 9.17) is 4.84 Å². The van der Waals surface area contributed by atoms with E-state index in [1.165, 1.54) is 19.3 Å². The number of hydrogen-bond acceptors (Lipinski definition) is 3. The van der Waals surface area contributed by atoms with Crippen molar-refractivity contribution in [3.63, 3.8) is 0 Å². The molecule has 1 N–H and O–H groups in total. The standard InChI is InChI=1S/C13H18N2O/c1-2-3-5-10-13-11-14-15(16-13)12-8-6-4-7-9-12/h4,6-9,11,14H,2-3,5,10H2,1H3. The maximum absolute atomic E-state index is 5.68. The fraction of sp³-hybridized carbons (Fsp3) is 0.385. The summed E-state index contributed by atoms with van der Waals surface area (Å²) in [6.45, 7) is 2.21. The highest BCUT2D eigenvalue weighted by Gasteiger charge is 2.14. The van der Waals surface area contributed by atoms with Gasteiger partial charge in [0.05, 0.1) is 11.9 Å². The molecule has 86 valence electrons. The molecule has 0 saturated carbocycles. The highest BCUT2D eigenvalue weighted by atomic mass is 16.7. The van der Waals surface area contributed by atoms with Crippen molar-refractivity contribution >= 4 is 5.69 Å². The van der Waals surface area contributed by atoms with Crippen LogP contribution in [0.25, 0.3) is 0 Å². The summed E-state index contributed by atoms with van der Waals surface area (Å²) >= 11 is 0. The maximum Gasteiger partial charge on any atom is 0.152 e. The van der Waals surface area contributed by atoms with E-state index in [-0.39, 0.29) is 0 Å². The van der Waals surface area contributed by atoms with Gasteiger partial charge < -0.3 is 4.84 Å². The van der Waals surface area contributed by atoms with Gasteiger partial charge in [-0.1, -0.05) is 38.0 Å². The van der Waals surface area contributed by atoms with Gasteiger partial charge in [-0.05, 0) is 18.6 Å². The number of benzene rings is 1. The molecule has 3 nitrogen and oxygen atoms in total. The van der Waals surface area contributed by atoms with Crippen LogP contribution in [0.15, 0.2) is 42.3 Å². The van der Waals surface area contributed by atoms with Crippen molar-refractivity contribution in [1.29, 1.82) is 0 Å². The first-order chi connectivity index (χ1) is 7.90. The quantitative estimate of drug-likeness (QED) is 0.767. The molecule has 0 fully saturated rings. The molecule has 0 aromatic heterocycles. The van der Waals surface area contributed by atoms with Crippen LogP contribution >= 0.6 is 0 Å². The first kappa shape index (κ1) is 10.9. The third-order valence-electron chi connectivity index (χ3n) is 2.57. The first-order valence-corrected chi connectivity index (χ1v) is 5.88. The Morgan fingerprint density at radius 3 is 2.75 bits per heavy atom. The van der Waals surface area contributed by atoms with Gasteiger partial charge in [0.2, 0.25) is 0 Å². The van der Waals surface area contributed by atoms with Crippen LogP contribution in [0.1, 0.15) is 32.6 Å². The van der Waals surface area contributed by atoms with Crippen molar-refractivity contribution < 1.29 is 4.84 Å². The number of para-hydroxylation sites is 1. The third kappa shape index (κ3) is 2.69. The molecule has 0 atom stereocenters. The van der Waals surface area contributed by atoms with Crippen molar-refractivity contribution in [3.8, 4) is 0 Å². The Labute approximate surface area is 96.6 Å². The molecule has 2 rings (SSSR count). The summed E-state index contributed by atoms with van der Waals surface area (Å²) < 4.78 is 0. The molecule has 3 heteroatoms. The molecule has 0 unspecified atom stereocenters. The summed E-state index contributed by atoms with van der Waals surface area (Å²) in [5, 5.41) is 1.70. The summed E-state index contributed by atoms with van der Waals surface area (Å²) in [6, 6.07) is 10.0. The Balaban J connectivity index is 1.82. The van der Waals surface area contributed by atoms with Gasteiger partial charge >= 0.3 is 0 Å². The van der Waals surface area contributed by atoms with Gasteiger partial charge in [-0.25, -0.2) is 0 Å². The van der Waals surface area contributed by atoms with Crippen LogP contribution in [-0.4, -0.2) is 0 Å². The fourth-order valence-electron chi connectivity index (χ4n) is 1.66. The Morgan fingerprint density at radius 2 is 2.00 bits per heavy atom. The number of rotatable bonds is 5. The normalized spacial score (nSPS) is 14.3. The van der Waals surface area contributed by atoms with E-state index in [1.54, 1.807) is 5.17 Å². The van der Waals surface area contributed by atoms with Crippen molar-refractivity contribution in [3.05, 3.63) is 42.3 Å². The van der Waals surface area contributed by atoms with E-state index in [0.29, 0.717) is 0 Å². The van der Waals surface area contributed by atoms with Crippen LogP contribution in [0.3, 0.4) is 0 Å². The van der Waals surface area contributed by atoms with Crippen LogP contribution < -0.4 is 10.6 Å². The van der Waals surface area contributed by atoms with Crippen LogP contribution in [0.4, 0.5) is 5.69 Å². The van der Waals surface area contributed by atoms with Gasteiger partial charge in [0.1, 0.15) is 0 Å². The number of hydrogen-bond donors (Lipinski definition) is 1. The van der Waals surface area contributed by atoms with Gasteiger partial charge in [0.15, 0.2) is 5.76 Å². The minimum absolute atomic E-state index is 1.00. The van der Waals surface area contributed by atoms with E-state index in [0.717, 1.165) is 17.9 Å². The summed E-state index contributed by atoms with van der Waals surface area (Å²) in [5.74, 6) is 1.01. The Kier molecular flexibility index (Phi) is 3.70. The highest BCUT2D eigenvalue weighted by molar-refractivity contribution is 5.43. The smallest absolute Gasteiger partial charge is 0.152 e. The molecule has 0 radical (unpaired) electrons. The summed E-state index contributed by atoms with van der Waals surface area (Å²) in [7, 11) is 0. The molecule has 16 heavy (non-hydrogen) atoms. The van der Waals surface area contributed by atoms with Crippen molar-refractivity contribution in [2.24, 2.45) is 0 Å². The van der Waals surface area contributed by atoms with Gasteiger partial charge in [-0.3, -0.25) is 5.43 Å². The fourth-order valence-corrected chi connectivity index (χ4v) is 1.66. The second-order valence-electron chi connectivity index (χ2n) is 3.92. The lowest BCUT2D eigenvalue weighted by atomic mass is 10.2. The third-order valence-corrected chi connectivity index (χ3v) is 2.57. The maximum atomic E-state index is 5.68. The predicted octanol–water partition coefficient (Wildman–Crippen LogP) is 3.36. The molecular formula is C13H18N2O. The minimum atomic E-state index is 1.00. The second-order valence-corrected chi connectivity index (χ2v) is 3.92. The lowest BCUT2D eigenvalue weighted by Gasteiger charge is -2.17. The Hall–Kier alpha value is -1.64. The van der Waals surface area contributed by atoms with Gasteiger partial charge in [0.25, 0.3) is 0 Å². The van der Waals surface area contributed by atoms with Gasteiger partial charge in [-0.2, -0.15) is 0 Å². The van der Waals surface area contributed by atoms with Crippen LogP contribution in [0, 0.1) is 0 Å². The predicted molar refractivity (Wildman–Crippen MR) is 65.4 cm³/mol. The average molecular weight is 218 g/mol. The van der Waals surface area contributed by atoms with Crippen LogP contribution in [0.2, 0.25) is 0 Å². The zero-order chi connectivity index (χ0) is 11.2. The van der Waals surface area contributed by atoms with E-state index in [9.17, 15) is 0 Å². The molecule has 0 spiro atoms. The Bertz CT molecular complexity index is 348. The summed E-state index contributed by atoms with van der Waals surface area (Å²) in [6.07, 6.45) is 6.62.